The summed E-state index contributed by atoms with van der Waals surface area (Å²) in [5.41, 5.74) is 4.89. The molecule has 0 radical (unpaired) electrons. The molecule has 4 nitrogen and oxygen atoms in total. The van der Waals surface area contributed by atoms with E-state index in [0.29, 0.717) is 11.6 Å². The van der Waals surface area contributed by atoms with E-state index in [1.54, 1.807) is 11.3 Å². The molecule has 20 heavy (non-hydrogen) atoms. The van der Waals surface area contributed by atoms with E-state index in [4.69, 9.17) is 10.8 Å². The maximum Gasteiger partial charge on any atom is 0.163 e. The van der Waals surface area contributed by atoms with Gasteiger partial charge in [0.1, 0.15) is 4.83 Å². The lowest BCUT2D eigenvalue weighted by atomic mass is 10.1. The molecule has 0 bridgehead atoms. The molecule has 0 spiro atoms. The van der Waals surface area contributed by atoms with E-state index in [1.807, 2.05) is 18.2 Å². The number of nitrogens with zero attached hydrogens (tertiary/aromatic N) is 2. The maximum absolute atomic E-state index is 5.62. The molecule has 3 N–H and O–H groups in total. The summed E-state index contributed by atoms with van der Waals surface area (Å²) < 4.78 is 0. The molecule has 0 atom stereocenters. The molecular weight excluding hydrogens is 268 g/mol. The Morgan fingerprint density at radius 1 is 1.25 bits per heavy atom. The van der Waals surface area contributed by atoms with Gasteiger partial charge in [-0.25, -0.2) is 15.8 Å². The van der Waals surface area contributed by atoms with Crippen molar-refractivity contribution in [3.05, 3.63) is 40.8 Å². The Morgan fingerprint density at radius 3 is 2.75 bits per heavy atom. The molecule has 0 aliphatic rings. The standard InChI is InChI=1S/C15H16N4S/c1-3-10-8-12-14(19-16)17-13(18-15(12)20-10)11-7-5-4-6-9(11)2/h4-8H,3,16H2,1-2H3,(H,17,18,19). The third-order valence-electron chi connectivity index (χ3n) is 3.31. The molecule has 0 saturated heterocycles. The van der Waals surface area contributed by atoms with Crippen LogP contribution >= 0.6 is 11.3 Å². The van der Waals surface area contributed by atoms with Gasteiger partial charge in [-0.3, -0.25) is 0 Å². The van der Waals surface area contributed by atoms with E-state index in [0.717, 1.165) is 27.8 Å². The summed E-state index contributed by atoms with van der Waals surface area (Å²) in [6.07, 6.45) is 0.991. The minimum absolute atomic E-state index is 0.684. The van der Waals surface area contributed by atoms with Crippen molar-refractivity contribution in [3.8, 4) is 11.4 Å². The van der Waals surface area contributed by atoms with Crippen LogP contribution < -0.4 is 11.3 Å². The summed E-state index contributed by atoms with van der Waals surface area (Å²) in [6, 6.07) is 10.2. The van der Waals surface area contributed by atoms with E-state index in [2.05, 4.69) is 36.4 Å². The number of nitrogens with two attached hydrogens (primary N) is 1. The number of aromatic nitrogens is 2. The fourth-order valence-corrected chi connectivity index (χ4v) is 3.17. The topological polar surface area (TPSA) is 63.8 Å². The Hall–Kier alpha value is -1.98. The summed E-state index contributed by atoms with van der Waals surface area (Å²) in [6.45, 7) is 4.19. The SMILES string of the molecule is CCc1cc2c(NN)nc(-c3ccccc3C)nc2s1. The van der Waals surface area contributed by atoms with Crippen molar-refractivity contribution in [3.63, 3.8) is 0 Å². The summed E-state index contributed by atoms with van der Waals surface area (Å²) in [7, 11) is 0. The maximum atomic E-state index is 5.62. The highest BCUT2D eigenvalue weighted by atomic mass is 32.1. The van der Waals surface area contributed by atoms with E-state index >= 15 is 0 Å². The zero-order valence-corrected chi connectivity index (χ0v) is 12.3. The van der Waals surface area contributed by atoms with Crippen molar-refractivity contribution in [1.29, 1.82) is 0 Å². The van der Waals surface area contributed by atoms with Gasteiger partial charge in [0.2, 0.25) is 0 Å². The van der Waals surface area contributed by atoms with Crippen LogP contribution in [0.25, 0.3) is 21.6 Å². The van der Waals surface area contributed by atoms with Crippen LogP contribution in [0.2, 0.25) is 0 Å². The van der Waals surface area contributed by atoms with Crippen LogP contribution in [0.4, 0.5) is 5.82 Å². The normalized spacial score (nSPS) is 10.9. The first-order valence-corrected chi connectivity index (χ1v) is 7.37. The Balaban J connectivity index is 2.25. The molecule has 2 heterocycles. The van der Waals surface area contributed by atoms with Crippen LogP contribution in [-0.4, -0.2) is 9.97 Å². The first-order chi connectivity index (χ1) is 9.72. The predicted octanol–water partition coefficient (Wildman–Crippen LogP) is 3.51. The average molecular weight is 284 g/mol. The van der Waals surface area contributed by atoms with Crippen molar-refractivity contribution in [1.82, 2.24) is 9.97 Å². The quantitative estimate of drug-likeness (QED) is 0.570. The van der Waals surface area contributed by atoms with Gasteiger partial charge in [0, 0.05) is 10.4 Å². The van der Waals surface area contributed by atoms with E-state index in [1.165, 1.54) is 4.88 Å². The molecule has 1 aromatic carbocycles. The Morgan fingerprint density at radius 2 is 2.05 bits per heavy atom. The average Bonchev–Trinajstić information content (AvgIpc) is 2.89. The largest absolute Gasteiger partial charge is 0.308 e. The summed E-state index contributed by atoms with van der Waals surface area (Å²) in [5.74, 6) is 7.02. The molecule has 2 aromatic heterocycles. The number of hydrogen-bond acceptors (Lipinski definition) is 5. The van der Waals surface area contributed by atoms with E-state index in [9.17, 15) is 0 Å². The number of rotatable bonds is 3. The van der Waals surface area contributed by atoms with Gasteiger partial charge in [0.15, 0.2) is 11.6 Å². The summed E-state index contributed by atoms with van der Waals surface area (Å²) in [5, 5.41) is 0.992. The second-order valence-corrected chi connectivity index (χ2v) is 5.76. The molecule has 0 unspecified atom stereocenters. The number of hydrogen-bond donors (Lipinski definition) is 2. The van der Waals surface area contributed by atoms with Crippen LogP contribution in [0.1, 0.15) is 17.4 Å². The Kier molecular flexibility index (Phi) is 3.38. The zero-order valence-electron chi connectivity index (χ0n) is 11.5. The lowest BCUT2D eigenvalue weighted by Gasteiger charge is -2.07. The fraction of sp³-hybridized carbons (Fsp3) is 0.200. The van der Waals surface area contributed by atoms with Crippen LogP contribution in [-0.2, 0) is 6.42 Å². The minimum Gasteiger partial charge on any atom is -0.308 e. The molecule has 5 heteroatoms. The number of anilines is 1. The van der Waals surface area contributed by atoms with Gasteiger partial charge in [-0.2, -0.15) is 0 Å². The number of hydrazine groups is 1. The minimum atomic E-state index is 0.684. The molecule has 0 saturated carbocycles. The van der Waals surface area contributed by atoms with Crippen LogP contribution in [0, 0.1) is 6.92 Å². The third-order valence-corrected chi connectivity index (χ3v) is 4.49. The molecule has 0 aliphatic carbocycles. The van der Waals surface area contributed by atoms with E-state index < -0.39 is 0 Å². The van der Waals surface area contributed by atoms with Gasteiger partial charge in [-0.1, -0.05) is 31.2 Å². The van der Waals surface area contributed by atoms with Gasteiger partial charge < -0.3 is 5.43 Å². The highest BCUT2D eigenvalue weighted by Crippen LogP contribution is 2.31. The smallest absolute Gasteiger partial charge is 0.163 e. The summed E-state index contributed by atoms with van der Waals surface area (Å²) in [4.78, 5) is 11.5. The number of aryl methyl sites for hydroxylation is 2. The lowest BCUT2D eigenvalue weighted by Crippen LogP contribution is -2.09. The van der Waals surface area contributed by atoms with Gasteiger partial charge in [0.05, 0.1) is 5.39 Å². The number of benzene rings is 1. The predicted molar refractivity (Wildman–Crippen MR) is 84.8 cm³/mol. The van der Waals surface area contributed by atoms with Crippen LogP contribution in [0.5, 0.6) is 0 Å². The molecule has 102 valence electrons. The zero-order chi connectivity index (χ0) is 14.1. The molecule has 3 rings (SSSR count). The highest BCUT2D eigenvalue weighted by Gasteiger charge is 2.12. The number of fused-ring (bicyclic) bond motifs is 1. The first kappa shape index (κ1) is 13.0. The summed E-state index contributed by atoms with van der Waals surface area (Å²) >= 11 is 1.69. The highest BCUT2D eigenvalue weighted by molar-refractivity contribution is 7.18. The first-order valence-electron chi connectivity index (χ1n) is 6.56. The second kappa shape index (κ2) is 5.19. The molecular formula is C15H16N4S. The third kappa shape index (κ3) is 2.15. The number of nitrogens with one attached hydrogen (secondary N) is 1. The van der Waals surface area contributed by atoms with Crippen molar-refractivity contribution >= 4 is 27.4 Å². The lowest BCUT2D eigenvalue weighted by molar-refractivity contribution is 1.18. The monoisotopic (exact) mass is 284 g/mol. The van der Waals surface area contributed by atoms with Crippen LogP contribution in [0.3, 0.4) is 0 Å². The number of thiophene rings is 1. The van der Waals surface area contributed by atoms with Crippen molar-refractivity contribution in [2.75, 3.05) is 5.43 Å². The molecule has 0 fully saturated rings. The van der Waals surface area contributed by atoms with Gasteiger partial charge in [-0.05, 0) is 25.0 Å². The molecule has 0 aliphatic heterocycles. The molecule has 0 amide bonds. The molecule has 3 aromatic rings. The van der Waals surface area contributed by atoms with Gasteiger partial charge >= 0.3 is 0 Å². The van der Waals surface area contributed by atoms with Crippen molar-refractivity contribution in [2.45, 2.75) is 20.3 Å². The van der Waals surface area contributed by atoms with Crippen molar-refractivity contribution < 1.29 is 0 Å². The Bertz CT molecular complexity index is 764. The number of nitrogen functional groups attached to an aromatic ring is 1. The Labute approximate surface area is 121 Å². The van der Waals surface area contributed by atoms with E-state index in [-0.39, 0.29) is 0 Å². The van der Waals surface area contributed by atoms with Crippen LogP contribution in [0.15, 0.2) is 30.3 Å². The van der Waals surface area contributed by atoms with Crippen molar-refractivity contribution in [2.24, 2.45) is 5.84 Å². The fourth-order valence-electron chi connectivity index (χ4n) is 2.20. The second-order valence-electron chi connectivity index (χ2n) is 4.64. The van der Waals surface area contributed by atoms with Gasteiger partial charge in [0.25, 0.3) is 0 Å². The van der Waals surface area contributed by atoms with Gasteiger partial charge in [-0.15, -0.1) is 11.3 Å².